The van der Waals surface area contributed by atoms with Gasteiger partial charge in [-0.2, -0.15) is 0 Å². The van der Waals surface area contributed by atoms with Crippen molar-refractivity contribution in [2.24, 2.45) is 0 Å². The molecule has 0 amide bonds. The highest BCUT2D eigenvalue weighted by molar-refractivity contribution is 6.07. The third-order valence-corrected chi connectivity index (χ3v) is 8.19. The molecular formula is C37H23N5. The summed E-state index contributed by atoms with van der Waals surface area (Å²) in [5.41, 5.74) is 11.4. The first kappa shape index (κ1) is 22.9. The van der Waals surface area contributed by atoms with E-state index in [1.165, 1.54) is 27.3 Å². The second kappa shape index (κ2) is 8.85. The highest BCUT2D eigenvalue weighted by atomic mass is 15.0. The van der Waals surface area contributed by atoms with Gasteiger partial charge in [0.25, 0.3) is 0 Å². The average Bonchev–Trinajstić information content (AvgIpc) is 3.63. The number of pyridine rings is 3. The molecule has 0 aliphatic heterocycles. The minimum atomic E-state index is 0.859. The van der Waals surface area contributed by atoms with Crippen LogP contribution in [0.5, 0.6) is 0 Å². The molecule has 0 unspecified atom stereocenters. The predicted octanol–water partition coefficient (Wildman–Crippen LogP) is 8.84. The second-order valence-electron chi connectivity index (χ2n) is 10.6. The zero-order valence-corrected chi connectivity index (χ0v) is 22.5. The van der Waals surface area contributed by atoms with Crippen LogP contribution in [-0.2, 0) is 0 Å². The molecule has 5 heterocycles. The maximum atomic E-state index is 5.02. The highest BCUT2D eigenvalue weighted by Crippen LogP contribution is 2.40. The fraction of sp³-hybridized carbons (Fsp3) is 0. The van der Waals surface area contributed by atoms with Crippen molar-refractivity contribution in [3.63, 3.8) is 0 Å². The molecule has 9 rings (SSSR count). The molecule has 0 spiro atoms. The van der Waals surface area contributed by atoms with Gasteiger partial charge in [-0.3, -0.25) is 13.8 Å². The Hall–Kier alpha value is -5.81. The van der Waals surface area contributed by atoms with E-state index in [-0.39, 0.29) is 0 Å². The Kier molecular flexibility index (Phi) is 4.83. The summed E-state index contributed by atoms with van der Waals surface area (Å²) in [4.78, 5) is 14.5. The third-order valence-electron chi connectivity index (χ3n) is 8.19. The van der Waals surface area contributed by atoms with Crippen molar-refractivity contribution in [3.05, 3.63) is 140 Å². The zero-order valence-electron chi connectivity index (χ0n) is 22.5. The summed E-state index contributed by atoms with van der Waals surface area (Å²) >= 11 is 0. The van der Waals surface area contributed by atoms with E-state index >= 15 is 0 Å². The lowest BCUT2D eigenvalue weighted by molar-refractivity contribution is 1.19. The maximum Gasteiger partial charge on any atom is 0.138 e. The van der Waals surface area contributed by atoms with E-state index in [4.69, 9.17) is 9.97 Å². The van der Waals surface area contributed by atoms with Gasteiger partial charge in [0.15, 0.2) is 0 Å². The fourth-order valence-corrected chi connectivity index (χ4v) is 6.32. The first-order chi connectivity index (χ1) is 20.8. The van der Waals surface area contributed by atoms with Crippen LogP contribution in [0.25, 0.3) is 77.8 Å². The first-order valence-corrected chi connectivity index (χ1v) is 14.0. The Morgan fingerprint density at radius 2 is 1.36 bits per heavy atom. The van der Waals surface area contributed by atoms with Crippen LogP contribution in [0.2, 0.25) is 0 Å². The molecule has 42 heavy (non-hydrogen) atoms. The summed E-state index contributed by atoms with van der Waals surface area (Å²) in [6.07, 6.45) is 3.90. The molecule has 0 radical (unpaired) electrons. The summed E-state index contributed by atoms with van der Waals surface area (Å²) in [6.45, 7) is 0. The van der Waals surface area contributed by atoms with Gasteiger partial charge in [-0.25, -0.2) is 9.97 Å². The molecular weight excluding hydrogens is 514 g/mol. The van der Waals surface area contributed by atoms with Gasteiger partial charge in [0.1, 0.15) is 17.0 Å². The molecule has 0 saturated heterocycles. The quantitative estimate of drug-likeness (QED) is 0.226. The van der Waals surface area contributed by atoms with Crippen molar-refractivity contribution in [2.75, 3.05) is 0 Å². The summed E-state index contributed by atoms with van der Waals surface area (Å²) in [6, 6.07) is 44.6. The molecule has 4 aromatic carbocycles. The second-order valence-corrected chi connectivity index (χ2v) is 10.6. The minimum absolute atomic E-state index is 0.859. The van der Waals surface area contributed by atoms with Crippen molar-refractivity contribution in [1.29, 1.82) is 0 Å². The van der Waals surface area contributed by atoms with E-state index in [0.717, 1.165) is 50.5 Å². The average molecular weight is 538 g/mol. The summed E-state index contributed by atoms with van der Waals surface area (Å²) in [5, 5.41) is 3.55. The smallest absolute Gasteiger partial charge is 0.138 e. The zero-order chi connectivity index (χ0) is 27.6. The predicted molar refractivity (Wildman–Crippen MR) is 171 cm³/mol. The van der Waals surface area contributed by atoms with Crippen molar-refractivity contribution in [2.45, 2.75) is 0 Å². The summed E-state index contributed by atoms with van der Waals surface area (Å²) < 4.78 is 4.42. The minimum Gasteiger partial charge on any atom is -0.299 e. The van der Waals surface area contributed by atoms with Gasteiger partial charge < -0.3 is 0 Å². The van der Waals surface area contributed by atoms with Crippen LogP contribution in [0, 0.1) is 0 Å². The van der Waals surface area contributed by atoms with Gasteiger partial charge in [-0.1, -0.05) is 66.7 Å². The molecule has 9 aromatic rings. The van der Waals surface area contributed by atoms with Crippen LogP contribution in [0.15, 0.2) is 140 Å². The van der Waals surface area contributed by atoms with Crippen molar-refractivity contribution < 1.29 is 0 Å². The van der Waals surface area contributed by atoms with Crippen molar-refractivity contribution >= 4 is 44.0 Å². The lowest BCUT2D eigenvalue weighted by Gasteiger charge is -2.14. The van der Waals surface area contributed by atoms with Crippen LogP contribution in [0.4, 0.5) is 0 Å². The van der Waals surface area contributed by atoms with E-state index < -0.39 is 0 Å². The Labute approximate surface area is 241 Å². The molecule has 0 bridgehead atoms. The number of benzene rings is 4. The number of fused-ring (bicyclic) bond motifs is 7. The monoisotopic (exact) mass is 537 g/mol. The van der Waals surface area contributed by atoms with Crippen LogP contribution in [-0.4, -0.2) is 23.8 Å². The first-order valence-electron chi connectivity index (χ1n) is 14.0. The molecule has 0 saturated carbocycles. The fourth-order valence-electron chi connectivity index (χ4n) is 6.32. The molecule has 196 valence electrons. The van der Waals surface area contributed by atoms with E-state index in [2.05, 4.69) is 105 Å². The molecule has 0 aliphatic carbocycles. The molecule has 0 fully saturated rings. The Morgan fingerprint density at radius 3 is 2.26 bits per heavy atom. The SMILES string of the molecule is c1ccc(-c2nc3ccccn3c2-c2ccc(-c3ccc4c(ccc5nc6ccccc6n54)c3)c3ccccc23)nc1. The Morgan fingerprint density at radius 1 is 0.548 bits per heavy atom. The van der Waals surface area contributed by atoms with Crippen LogP contribution < -0.4 is 0 Å². The largest absolute Gasteiger partial charge is 0.299 e. The molecule has 0 aliphatic rings. The molecule has 5 nitrogen and oxygen atoms in total. The number of imidazole rings is 2. The van der Waals surface area contributed by atoms with E-state index in [9.17, 15) is 0 Å². The maximum absolute atomic E-state index is 5.02. The van der Waals surface area contributed by atoms with E-state index in [1.807, 2.05) is 48.7 Å². The summed E-state index contributed by atoms with van der Waals surface area (Å²) in [7, 11) is 0. The number of para-hydroxylation sites is 2. The van der Waals surface area contributed by atoms with Gasteiger partial charge in [0, 0.05) is 18.0 Å². The molecule has 5 aromatic heterocycles. The number of rotatable bonds is 3. The Balaban J connectivity index is 1.27. The summed E-state index contributed by atoms with van der Waals surface area (Å²) in [5.74, 6) is 0. The van der Waals surface area contributed by atoms with Gasteiger partial charge in [0.2, 0.25) is 0 Å². The van der Waals surface area contributed by atoms with Gasteiger partial charge in [0.05, 0.1) is 27.9 Å². The Bertz CT molecular complexity index is 2470. The lowest BCUT2D eigenvalue weighted by atomic mass is 9.92. The molecule has 5 heteroatoms. The van der Waals surface area contributed by atoms with Crippen LogP contribution in [0.3, 0.4) is 0 Å². The van der Waals surface area contributed by atoms with Crippen LogP contribution >= 0.6 is 0 Å². The third kappa shape index (κ3) is 3.34. The number of nitrogens with zero attached hydrogens (tertiary/aromatic N) is 5. The van der Waals surface area contributed by atoms with Crippen molar-refractivity contribution in [1.82, 2.24) is 23.8 Å². The van der Waals surface area contributed by atoms with E-state index in [1.54, 1.807) is 0 Å². The van der Waals surface area contributed by atoms with Gasteiger partial charge in [-0.05, 0) is 87.9 Å². The van der Waals surface area contributed by atoms with Gasteiger partial charge >= 0.3 is 0 Å². The number of hydrogen-bond acceptors (Lipinski definition) is 3. The van der Waals surface area contributed by atoms with E-state index in [0.29, 0.717) is 0 Å². The lowest BCUT2D eigenvalue weighted by Crippen LogP contribution is -1.93. The van der Waals surface area contributed by atoms with Gasteiger partial charge in [-0.15, -0.1) is 0 Å². The number of hydrogen-bond donors (Lipinski definition) is 0. The number of aromatic nitrogens is 5. The normalized spacial score (nSPS) is 11.8. The highest BCUT2D eigenvalue weighted by Gasteiger charge is 2.20. The van der Waals surface area contributed by atoms with Crippen LogP contribution in [0.1, 0.15) is 0 Å². The topological polar surface area (TPSA) is 47.5 Å². The van der Waals surface area contributed by atoms with Crippen molar-refractivity contribution in [3.8, 4) is 33.8 Å². The standard InChI is InChI=1S/C37H23N5/c1-2-10-28-27(9-1)26(24-15-19-32-25(23-24)16-20-35-39-30-11-3-4-13-33(30)42(32)35)17-18-29(28)37-36(31-12-5-7-21-38-31)40-34-14-6-8-22-41(34)37/h1-23H. The molecule has 0 atom stereocenters. The molecule has 0 N–H and O–H groups in total.